The van der Waals surface area contributed by atoms with Crippen molar-refractivity contribution in [2.75, 3.05) is 18.8 Å². The standard InChI is InChI=1S/C34H38N6O5/c1-20(41)28-29(23-12-16-39(17-13-23)33(44)34(45)14-10-24(11-15-34)30(43)21(2)42)38-32-26(19-37-40(32)31(28)35)25-8-9-27(36-18-25)22-6-4-3-5-7-22/h3-9,18-19,21,23-24,42,45H,10-17,35H2,1-2H3/t21-,24?,34?/m1/s1. The Morgan fingerprint density at radius 2 is 1.67 bits per heavy atom. The molecular weight excluding hydrogens is 572 g/mol. The largest absolute Gasteiger partial charge is 0.386 e. The topological polar surface area (TPSA) is 164 Å². The van der Waals surface area contributed by atoms with Crippen LogP contribution in [-0.4, -0.2) is 77.0 Å². The van der Waals surface area contributed by atoms with Crippen molar-refractivity contribution in [3.05, 3.63) is 66.1 Å². The molecule has 1 saturated heterocycles. The molecule has 0 radical (unpaired) electrons. The second-order valence-corrected chi connectivity index (χ2v) is 12.4. The number of aliphatic hydroxyl groups excluding tert-OH is 1. The van der Waals surface area contributed by atoms with E-state index in [4.69, 9.17) is 10.7 Å². The molecule has 0 bridgehead atoms. The molecule has 1 aliphatic carbocycles. The summed E-state index contributed by atoms with van der Waals surface area (Å²) >= 11 is 0. The zero-order valence-corrected chi connectivity index (χ0v) is 25.5. The fraction of sp³-hybridized carbons (Fsp3) is 0.412. The maximum Gasteiger partial charge on any atom is 0.254 e. The number of fused-ring (bicyclic) bond motifs is 1. The van der Waals surface area contributed by atoms with Crippen LogP contribution in [0.1, 0.15) is 74.3 Å². The molecule has 0 spiro atoms. The Hall–Kier alpha value is -4.48. The summed E-state index contributed by atoms with van der Waals surface area (Å²) in [5, 5.41) is 25.3. The molecule has 1 aromatic carbocycles. The van der Waals surface area contributed by atoms with Gasteiger partial charge < -0.3 is 20.8 Å². The van der Waals surface area contributed by atoms with Crippen LogP contribution in [0.5, 0.6) is 0 Å². The molecular formula is C34H38N6O5. The first kappa shape index (κ1) is 30.5. The summed E-state index contributed by atoms with van der Waals surface area (Å²) in [6, 6.07) is 13.8. The maximum atomic E-state index is 13.4. The van der Waals surface area contributed by atoms with Gasteiger partial charge in [-0.3, -0.25) is 19.4 Å². The highest BCUT2D eigenvalue weighted by Gasteiger charge is 2.45. The van der Waals surface area contributed by atoms with E-state index in [9.17, 15) is 24.6 Å². The predicted octanol–water partition coefficient (Wildman–Crippen LogP) is 3.82. The van der Waals surface area contributed by atoms with E-state index >= 15 is 0 Å². The molecule has 1 saturated carbocycles. The first-order chi connectivity index (χ1) is 21.6. The van der Waals surface area contributed by atoms with E-state index in [0.29, 0.717) is 55.7 Å². The molecule has 3 aromatic heterocycles. The number of carbonyl (C=O) groups is 3. The molecule has 4 N–H and O–H groups in total. The van der Waals surface area contributed by atoms with Crippen molar-refractivity contribution in [3.8, 4) is 22.4 Å². The van der Waals surface area contributed by atoms with E-state index in [1.54, 1.807) is 17.3 Å². The van der Waals surface area contributed by atoms with Crippen LogP contribution in [0.25, 0.3) is 28.0 Å². The number of hydrogen-bond acceptors (Lipinski definition) is 9. The minimum absolute atomic E-state index is 0.129. The number of anilines is 1. The van der Waals surface area contributed by atoms with Gasteiger partial charge in [-0.15, -0.1) is 0 Å². The second-order valence-electron chi connectivity index (χ2n) is 12.4. The average Bonchev–Trinajstić information content (AvgIpc) is 3.49. The molecule has 6 rings (SSSR count). The van der Waals surface area contributed by atoms with Crippen molar-refractivity contribution in [2.24, 2.45) is 5.92 Å². The first-order valence-corrected chi connectivity index (χ1v) is 15.5. The third-order valence-electron chi connectivity index (χ3n) is 9.40. The number of nitrogen functional groups attached to an aromatic ring is 1. The number of Topliss-reactive ketones (excluding diaryl/α,β-unsaturated/α-hetero) is 2. The lowest BCUT2D eigenvalue weighted by Crippen LogP contribution is -2.53. The number of rotatable bonds is 7. The molecule has 4 aromatic rings. The summed E-state index contributed by atoms with van der Waals surface area (Å²) in [6.45, 7) is 3.70. The summed E-state index contributed by atoms with van der Waals surface area (Å²) in [7, 11) is 0. The lowest BCUT2D eigenvalue weighted by atomic mass is 9.75. The number of pyridine rings is 1. The molecule has 11 heteroatoms. The zero-order chi connectivity index (χ0) is 31.9. The van der Waals surface area contributed by atoms with Gasteiger partial charge in [0, 0.05) is 47.8 Å². The van der Waals surface area contributed by atoms with Gasteiger partial charge in [0.15, 0.2) is 17.2 Å². The molecule has 45 heavy (non-hydrogen) atoms. The molecule has 4 heterocycles. The minimum atomic E-state index is -1.52. The highest BCUT2D eigenvalue weighted by Crippen LogP contribution is 2.38. The van der Waals surface area contributed by atoms with Crippen LogP contribution in [0.3, 0.4) is 0 Å². The fourth-order valence-electron chi connectivity index (χ4n) is 6.81. The molecule has 11 nitrogen and oxygen atoms in total. The number of ketones is 2. The number of carbonyl (C=O) groups excluding carboxylic acids is 3. The van der Waals surface area contributed by atoms with Gasteiger partial charge in [-0.05, 0) is 58.4 Å². The van der Waals surface area contributed by atoms with Gasteiger partial charge in [0.25, 0.3) is 5.91 Å². The number of aliphatic hydroxyl groups is 2. The molecule has 1 atom stereocenters. The Morgan fingerprint density at radius 3 is 2.27 bits per heavy atom. The van der Waals surface area contributed by atoms with Gasteiger partial charge in [-0.25, -0.2) is 4.98 Å². The third-order valence-corrected chi connectivity index (χ3v) is 9.40. The Balaban J connectivity index is 1.22. The SMILES string of the molecule is CC(=O)c1c(C2CCN(C(=O)C3(O)CCC(C(=O)[C@@H](C)O)CC3)CC2)nc2c(-c3ccc(-c4ccccc4)nc3)cnn2c1N. The van der Waals surface area contributed by atoms with Gasteiger partial charge in [-0.2, -0.15) is 9.61 Å². The number of aromatic nitrogens is 4. The number of piperidine rings is 1. The van der Waals surface area contributed by atoms with E-state index in [1.807, 2.05) is 42.5 Å². The number of benzene rings is 1. The monoisotopic (exact) mass is 610 g/mol. The van der Waals surface area contributed by atoms with Crippen LogP contribution in [0.15, 0.2) is 54.9 Å². The average molecular weight is 611 g/mol. The maximum absolute atomic E-state index is 13.4. The van der Waals surface area contributed by atoms with Gasteiger partial charge in [-0.1, -0.05) is 36.4 Å². The summed E-state index contributed by atoms with van der Waals surface area (Å²) in [4.78, 5) is 49.8. The van der Waals surface area contributed by atoms with Crippen LogP contribution in [0, 0.1) is 5.92 Å². The Kier molecular flexibility index (Phi) is 8.23. The van der Waals surface area contributed by atoms with Gasteiger partial charge in [0.05, 0.1) is 23.1 Å². The number of likely N-dealkylation sites (tertiary alicyclic amines) is 1. The fourth-order valence-corrected chi connectivity index (χ4v) is 6.81. The van der Waals surface area contributed by atoms with E-state index in [2.05, 4.69) is 10.1 Å². The molecule has 0 unspecified atom stereocenters. The van der Waals surface area contributed by atoms with Crippen molar-refractivity contribution in [2.45, 2.75) is 70.0 Å². The lowest BCUT2D eigenvalue weighted by Gasteiger charge is -2.40. The Morgan fingerprint density at radius 1 is 0.978 bits per heavy atom. The van der Waals surface area contributed by atoms with Gasteiger partial charge in [0.2, 0.25) is 0 Å². The molecule has 234 valence electrons. The van der Waals surface area contributed by atoms with E-state index in [0.717, 1.165) is 22.4 Å². The molecule has 2 aliphatic rings. The highest BCUT2D eigenvalue weighted by atomic mass is 16.3. The van der Waals surface area contributed by atoms with Crippen LogP contribution < -0.4 is 5.73 Å². The number of hydrogen-bond donors (Lipinski definition) is 3. The predicted molar refractivity (Wildman–Crippen MR) is 168 cm³/mol. The normalized spacial score (nSPS) is 21.5. The zero-order valence-electron chi connectivity index (χ0n) is 25.5. The van der Waals surface area contributed by atoms with E-state index in [1.165, 1.54) is 18.4 Å². The second kappa shape index (κ2) is 12.1. The van der Waals surface area contributed by atoms with Crippen LogP contribution >= 0.6 is 0 Å². The number of nitrogens with two attached hydrogens (primary N) is 1. The van der Waals surface area contributed by atoms with Crippen molar-refractivity contribution in [1.82, 2.24) is 24.5 Å². The van der Waals surface area contributed by atoms with Crippen LogP contribution in [-0.2, 0) is 9.59 Å². The highest BCUT2D eigenvalue weighted by molar-refractivity contribution is 6.00. The number of nitrogens with zero attached hydrogens (tertiary/aromatic N) is 5. The smallest absolute Gasteiger partial charge is 0.254 e. The summed E-state index contributed by atoms with van der Waals surface area (Å²) in [5.41, 5.74) is 9.88. The molecule has 1 aliphatic heterocycles. The number of amides is 1. The minimum Gasteiger partial charge on any atom is -0.386 e. The van der Waals surface area contributed by atoms with Crippen LogP contribution in [0.2, 0.25) is 0 Å². The quantitative estimate of drug-likeness (QED) is 0.264. The van der Waals surface area contributed by atoms with E-state index < -0.39 is 11.7 Å². The van der Waals surface area contributed by atoms with Crippen molar-refractivity contribution in [1.29, 1.82) is 0 Å². The summed E-state index contributed by atoms with van der Waals surface area (Å²) < 4.78 is 1.49. The van der Waals surface area contributed by atoms with Crippen molar-refractivity contribution < 1.29 is 24.6 Å². The Labute approximate surface area is 261 Å². The van der Waals surface area contributed by atoms with Crippen molar-refractivity contribution in [3.63, 3.8) is 0 Å². The van der Waals surface area contributed by atoms with Gasteiger partial charge >= 0.3 is 0 Å². The molecule has 1 amide bonds. The van der Waals surface area contributed by atoms with Crippen molar-refractivity contribution >= 4 is 28.9 Å². The molecule has 2 fully saturated rings. The van der Waals surface area contributed by atoms with Gasteiger partial charge in [0.1, 0.15) is 17.5 Å². The Bertz CT molecular complexity index is 1730. The summed E-state index contributed by atoms with van der Waals surface area (Å²) in [6.07, 6.45) is 4.60. The summed E-state index contributed by atoms with van der Waals surface area (Å²) in [5.74, 6) is -1.03. The third kappa shape index (κ3) is 5.73. The van der Waals surface area contributed by atoms with Crippen LogP contribution in [0.4, 0.5) is 5.82 Å². The van der Waals surface area contributed by atoms with E-state index in [-0.39, 0.29) is 48.0 Å². The lowest BCUT2D eigenvalue weighted by molar-refractivity contribution is -0.158. The first-order valence-electron chi connectivity index (χ1n) is 15.5.